The Hall–Kier alpha value is -1.50. The number of nitrogens with zero attached hydrogens (tertiary/aromatic N) is 2. The van der Waals surface area contributed by atoms with Crippen LogP contribution in [0.15, 0.2) is 11.8 Å². The molecule has 0 spiro atoms. The first kappa shape index (κ1) is 13.6. The molecule has 0 aromatic carbocycles. The van der Waals surface area contributed by atoms with E-state index in [1.807, 2.05) is 13.0 Å². The molecule has 1 aliphatic rings. The lowest BCUT2D eigenvalue weighted by atomic mass is 10.1. The van der Waals surface area contributed by atoms with Gasteiger partial charge in [-0.2, -0.15) is 5.26 Å². The van der Waals surface area contributed by atoms with E-state index in [1.165, 1.54) is 6.42 Å². The fourth-order valence-corrected chi connectivity index (χ4v) is 1.75. The third-order valence-electron chi connectivity index (χ3n) is 3.12. The number of hydrogen-bond acceptors (Lipinski definition) is 3. The molecular weight excluding hydrogens is 214 g/mol. The third kappa shape index (κ3) is 4.10. The Kier molecular flexibility index (Phi) is 5.55. The van der Waals surface area contributed by atoms with E-state index in [1.54, 1.807) is 11.1 Å². The van der Waals surface area contributed by atoms with E-state index in [4.69, 9.17) is 5.26 Å². The van der Waals surface area contributed by atoms with Gasteiger partial charge in [0.05, 0.1) is 0 Å². The molecule has 4 heteroatoms. The largest absolute Gasteiger partial charge is 0.387 e. The van der Waals surface area contributed by atoms with Crippen molar-refractivity contribution in [3.8, 4) is 6.07 Å². The Labute approximate surface area is 103 Å². The number of amides is 1. The Morgan fingerprint density at radius 3 is 2.65 bits per heavy atom. The average Bonchev–Trinajstić information content (AvgIpc) is 2.39. The molecule has 1 rings (SSSR count). The second-order valence-electron chi connectivity index (χ2n) is 4.50. The minimum absolute atomic E-state index is 0.136. The maximum atomic E-state index is 12.0. The van der Waals surface area contributed by atoms with Crippen molar-refractivity contribution >= 4 is 5.91 Å². The summed E-state index contributed by atoms with van der Waals surface area (Å²) in [5.41, 5.74) is 0.215. The molecule has 0 radical (unpaired) electrons. The van der Waals surface area contributed by atoms with E-state index >= 15 is 0 Å². The monoisotopic (exact) mass is 235 g/mol. The molecule has 1 heterocycles. The average molecular weight is 235 g/mol. The molecule has 1 aliphatic heterocycles. The molecule has 1 saturated heterocycles. The summed E-state index contributed by atoms with van der Waals surface area (Å²) in [6.45, 7) is 5.64. The van der Waals surface area contributed by atoms with Crippen molar-refractivity contribution in [3.63, 3.8) is 0 Å². The predicted molar refractivity (Wildman–Crippen MR) is 67.0 cm³/mol. The van der Waals surface area contributed by atoms with Crippen molar-refractivity contribution in [2.24, 2.45) is 0 Å². The van der Waals surface area contributed by atoms with Gasteiger partial charge >= 0.3 is 0 Å². The normalized spacial score (nSPS) is 18.4. The van der Waals surface area contributed by atoms with Crippen LogP contribution in [-0.2, 0) is 4.79 Å². The quantitative estimate of drug-likeness (QED) is 0.597. The molecule has 0 aromatic heterocycles. The lowest BCUT2D eigenvalue weighted by molar-refractivity contribution is -0.127. The predicted octanol–water partition coefficient (Wildman–Crippen LogP) is 1.79. The highest BCUT2D eigenvalue weighted by molar-refractivity contribution is 5.97. The van der Waals surface area contributed by atoms with Crippen LogP contribution in [0.25, 0.3) is 0 Å². The van der Waals surface area contributed by atoms with Crippen molar-refractivity contribution in [1.82, 2.24) is 10.2 Å². The summed E-state index contributed by atoms with van der Waals surface area (Å²) in [6.07, 6.45) is 5.80. The second kappa shape index (κ2) is 6.95. The third-order valence-corrected chi connectivity index (χ3v) is 3.12. The Balaban J connectivity index is 2.60. The minimum atomic E-state index is -0.136. The van der Waals surface area contributed by atoms with Crippen LogP contribution in [0.2, 0.25) is 0 Å². The Morgan fingerprint density at radius 1 is 1.47 bits per heavy atom. The Bertz CT molecular complexity index is 324. The molecule has 1 unspecified atom stereocenters. The fraction of sp³-hybridized carbons (Fsp3) is 0.692. The maximum absolute atomic E-state index is 12.0. The van der Waals surface area contributed by atoms with E-state index in [-0.39, 0.29) is 17.5 Å². The van der Waals surface area contributed by atoms with E-state index in [2.05, 4.69) is 12.2 Å². The molecule has 1 atom stereocenters. The number of nitrogens with one attached hydrogen (secondary N) is 1. The first-order chi connectivity index (χ1) is 8.19. The highest BCUT2D eigenvalue weighted by Gasteiger charge is 2.20. The van der Waals surface area contributed by atoms with Crippen molar-refractivity contribution in [2.75, 3.05) is 13.1 Å². The summed E-state index contributed by atoms with van der Waals surface area (Å²) in [5, 5.41) is 12.1. The number of carbonyl (C=O) groups is 1. The molecule has 1 amide bonds. The van der Waals surface area contributed by atoms with E-state index in [0.29, 0.717) is 0 Å². The van der Waals surface area contributed by atoms with Crippen LogP contribution >= 0.6 is 0 Å². The number of piperidine rings is 1. The first-order valence-corrected chi connectivity index (χ1v) is 6.34. The number of carbonyl (C=O) groups excluding carboxylic acids is 1. The zero-order valence-corrected chi connectivity index (χ0v) is 10.7. The standard InChI is InChI=1S/C13H21N3O/c1-3-11(2)15-10-12(9-14)13(17)16-7-5-4-6-8-16/h10-11,15H,3-8H2,1-2H3/b12-10-. The van der Waals surface area contributed by atoms with Gasteiger partial charge in [0.15, 0.2) is 0 Å². The van der Waals surface area contributed by atoms with Crippen molar-refractivity contribution in [2.45, 2.75) is 45.6 Å². The zero-order chi connectivity index (χ0) is 12.7. The van der Waals surface area contributed by atoms with Crippen LogP contribution in [-0.4, -0.2) is 29.9 Å². The van der Waals surface area contributed by atoms with Gasteiger partial charge in [-0.15, -0.1) is 0 Å². The van der Waals surface area contributed by atoms with Gasteiger partial charge in [-0.05, 0) is 32.6 Å². The van der Waals surface area contributed by atoms with Gasteiger partial charge in [0.1, 0.15) is 11.6 Å². The smallest absolute Gasteiger partial charge is 0.265 e. The molecule has 0 aliphatic carbocycles. The van der Waals surface area contributed by atoms with Crippen molar-refractivity contribution in [3.05, 3.63) is 11.8 Å². The van der Waals surface area contributed by atoms with Gasteiger partial charge in [-0.1, -0.05) is 6.92 Å². The van der Waals surface area contributed by atoms with Gasteiger partial charge in [0, 0.05) is 25.3 Å². The molecule has 0 saturated carbocycles. The van der Waals surface area contributed by atoms with Gasteiger partial charge in [0.25, 0.3) is 5.91 Å². The van der Waals surface area contributed by atoms with Crippen LogP contribution in [0.5, 0.6) is 0 Å². The van der Waals surface area contributed by atoms with E-state index < -0.39 is 0 Å². The van der Waals surface area contributed by atoms with Gasteiger partial charge in [-0.3, -0.25) is 4.79 Å². The topological polar surface area (TPSA) is 56.1 Å². The summed E-state index contributed by atoms with van der Waals surface area (Å²) in [7, 11) is 0. The summed E-state index contributed by atoms with van der Waals surface area (Å²) in [5.74, 6) is -0.136. The van der Waals surface area contributed by atoms with Gasteiger partial charge in [-0.25, -0.2) is 0 Å². The number of likely N-dealkylation sites (tertiary alicyclic amines) is 1. The van der Waals surface area contributed by atoms with Crippen LogP contribution < -0.4 is 5.32 Å². The summed E-state index contributed by atoms with van der Waals surface area (Å²) in [4.78, 5) is 13.8. The first-order valence-electron chi connectivity index (χ1n) is 6.34. The highest BCUT2D eigenvalue weighted by Crippen LogP contribution is 2.11. The summed E-state index contributed by atoms with van der Waals surface area (Å²) >= 11 is 0. The molecule has 1 fully saturated rings. The van der Waals surface area contributed by atoms with Crippen LogP contribution in [0.1, 0.15) is 39.5 Å². The fourth-order valence-electron chi connectivity index (χ4n) is 1.75. The summed E-state index contributed by atoms with van der Waals surface area (Å²) in [6, 6.07) is 2.27. The molecular formula is C13H21N3O. The molecule has 94 valence electrons. The lowest BCUT2D eigenvalue weighted by Crippen LogP contribution is -2.37. The van der Waals surface area contributed by atoms with Gasteiger partial charge in [0.2, 0.25) is 0 Å². The zero-order valence-electron chi connectivity index (χ0n) is 10.7. The molecule has 17 heavy (non-hydrogen) atoms. The van der Waals surface area contributed by atoms with Crippen LogP contribution in [0.3, 0.4) is 0 Å². The second-order valence-corrected chi connectivity index (χ2v) is 4.50. The van der Waals surface area contributed by atoms with Crippen LogP contribution in [0, 0.1) is 11.3 Å². The maximum Gasteiger partial charge on any atom is 0.265 e. The minimum Gasteiger partial charge on any atom is -0.387 e. The number of nitriles is 1. The van der Waals surface area contributed by atoms with Gasteiger partial charge < -0.3 is 10.2 Å². The summed E-state index contributed by atoms with van der Waals surface area (Å²) < 4.78 is 0. The van der Waals surface area contributed by atoms with Crippen molar-refractivity contribution < 1.29 is 4.79 Å². The van der Waals surface area contributed by atoms with E-state index in [0.717, 1.165) is 32.4 Å². The molecule has 0 aromatic rings. The number of hydrogen-bond donors (Lipinski definition) is 1. The lowest BCUT2D eigenvalue weighted by Gasteiger charge is -2.26. The highest BCUT2D eigenvalue weighted by atomic mass is 16.2. The van der Waals surface area contributed by atoms with Crippen molar-refractivity contribution in [1.29, 1.82) is 5.26 Å². The molecule has 4 nitrogen and oxygen atoms in total. The van der Waals surface area contributed by atoms with Crippen LogP contribution in [0.4, 0.5) is 0 Å². The Morgan fingerprint density at radius 2 is 2.12 bits per heavy atom. The molecule has 0 bridgehead atoms. The SMILES string of the molecule is CCC(C)N/C=C(/C#N)C(=O)N1CCCCC1. The number of rotatable bonds is 4. The van der Waals surface area contributed by atoms with E-state index in [9.17, 15) is 4.79 Å². The molecule has 1 N–H and O–H groups in total.